The van der Waals surface area contributed by atoms with Crippen LogP contribution in [0, 0.1) is 0 Å². The van der Waals surface area contributed by atoms with E-state index < -0.39 is 11.7 Å². The molecule has 0 aliphatic rings. The summed E-state index contributed by atoms with van der Waals surface area (Å²) in [5, 5.41) is 0. The molecule has 0 unspecified atom stereocenters. The molecule has 0 aliphatic carbocycles. The highest BCUT2D eigenvalue weighted by Gasteiger charge is 2.33. The van der Waals surface area contributed by atoms with E-state index in [1.807, 2.05) is 0 Å². The van der Waals surface area contributed by atoms with E-state index in [1.54, 1.807) is 30.1 Å². The van der Waals surface area contributed by atoms with E-state index in [1.165, 1.54) is 18.3 Å². The van der Waals surface area contributed by atoms with Gasteiger partial charge in [0, 0.05) is 18.8 Å². The number of benzene rings is 1. The summed E-state index contributed by atoms with van der Waals surface area (Å²) < 4.78 is 46.1. The number of hydrogen-bond acceptors (Lipinski definition) is 3. The Morgan fingerprint density at radius 1 is 1.14 bits per heavy atom. The van der Waals surface area contributed by atoms with Crippen molar-refractivity contribution >= 4 is 11.0 Å². The molecule has 3 rings (SSSR count). The predicted molar refractivity (Wildman–Crippen MR) is 74.3 cm³/mol. The lowest BCUT2D eigenvalue weighted by Crippen LogP contribution is -2.11. The van der Waals surface area contributed by atoms with E-state index in [-0.39, 0.29) is 18.1 Å². The zero-order valence-corrected chi connectivity index (χ0v) is 11.6. The average Bonchev–Trinajstić information content (AvgIpc) is 2.87. The molecule has 0 amide bonds. The van der Waals surface area contributed by atoms with Gasteiger partial charge in [-0.05, 0) is 12.1 Å². The monoisotopic (exact) mass is 307 g/mol. The molecule has 0 saturated heterocycles. The maximum Gasteiger partial charge on any atom is 0.416 e. The van der Waals surface area contributed by atoms with Crippen molar-refractivity contribution in [1.29, 1.82) is 0 Å². The molecule has 114 valence electrons. The standard InChI is InChI=1S/C15H12F3N3O/c1-21-9-20-12-6-7-19-14(13(12)21)22-8-10-4-2-3-5-11(10)15(16,17)18/h2-7,9H,8H2,1H3. The molecule has 0 saturated carbocycles. The van der Waals surface area contributed by atoms with Crippen LogP contribution in [0.5, 0.6) is 5.88 Å². The number of pyridine rings is 1. The van der Waals surface area contributed by atoms with Crippen molar-refractivity contribution in [3.8, 4) is 5.88 Å². The van der Waals surface area contributed by atoms with Crippen LogP contribution in [0.2, 0.25) is 0 Å². The third kappa shape index (κ3) is 2.61. The summed E-state index contributed by atoms with van der Waals surface area (Å²) in [5.74, 6) is 0.259. The lowest BCUT2D eigenvalue weighted by molar-refractivity contribution is -0.138. The normalized spacial score (nSPS) is 11.8. The number of fused-ring (bicyclic) bond motifs is 1. The Balaban J connectivity index is 1.91. The van der Waals surface area contributed by atoms with E-state index >= 15 is 0 Å². The van der Waals surface area contributed by atoms with E-state index in [0.717, 1.165) is 6.07 Å². The number of rotatable bonds is 3. The summed E-state index contributed by atoms with van der Waals surface area (Å²) in [6.45, 7) is -0.215. The highest BCUT2D eigenvalue weighted by Crippen LogP contribution is 2.32. The lowest BCUT2D eigenvalue weighted by atomic mass is 10.1. The van der Waals surface area contributed by atoms with Crippen molar-refractivity contribution < 1.29 is 17.9 Å². The summed E-state index contributed by atoms with van der Waals surface area (Å²) in [6.07, 6.45) is -1.30. The molecule has 7 heteroatoms. The Hall–Kier alpha value is -2.57. The van der Waals surface area contributed by atoms with E-state index in [2.05, 4.69) is 9.97 Å². The molecule has 0 atom stereocenters. The zero-order valence-electron chi connectivity index (χ0n) is 11.6. The summed E-state index contributed by atoms with van der Waals surface area (Å²) in [4.78, 5) is 8.24. The van der Waals surface area contributed by atoms with Crippen LogP contribution in [-0.4, -0.2) is 14.5 Å². The lowest BCUT2D eigenvalue weighted by Gasteiger charge is -2.13. The van der Waals surface area contributed by atoms with Gasteiger partial charge in [0.2, 0.25) is 5.88 Å². The van der Waals surface area contributed by atoms with Crippen molar-refractivity contribution in [2.45, 2.75) is 12.8 Å². The maximum atomic E-state index is 13.0. The van der Waals surface area contributed by atoms with E-state index in [0.29, 0.717) is 11.0 Å². The van der Waals surface area contributed by atoms with Gasteiger partial charge in [0.15, 0.2) is 0 Å². The number of hydrogen-bond donors (Lipinski definition) is 0. The van der Waals surface area contributed by atoms with Gasteiger partial charge in [0.1, 0.15) is 12.1 Å². The first-order chi connectivity index (χ1) is 10.5. The highest BCUT2D eigenvalue weighted by atomic mass is 19.4. The number of nitrogens with zero attached hydrogens (tertiary/aromatic N) is 3. The van der Waals surface area contributed by atoms with Gasteiger partial charge in [-0.25, -0.2) is 9.97 Å². The molecule has 2 heterocycles. The second-order valence-corrected chi connectivity index (χ2v) is 4.78. The topological polar surface area (TPSA) is 39.9 Å². The number of halogens is 3. The van der Waals surface area contributed by atoms with Crippen LogP contribution in [0.1, 0.15) is 11.1 Å². The number of aromatic nitrogens is 3. The first kappa shape index (κ1) is 14.4. The zero-order chi connectivity index (χ0) is 15.7. The molecular formula is C15H12F3N3O. The summed E-state index contributed by atoms with van der Waals surface area (Å²) in [5.41, 5.74) is 0.687. The molecule has 0 aliphatic heterocycles. The van der Waals surface area contributed by atoms with Crippen molar-refractivity contribution in [3.63, 3.8) is 0 Å². The molecule has 2 aromatic heterocycles. The molecule has 3 aromatic rings. The fourth-order valence-corrected chi connectivity index (χ4v) is 2.24. The van der Waals surface area contributed by atoms with Gasteiger partial charge in [-0.3, -0.25) is 0 Å². The minimum absolute atomic E-state index is 0.0657. The van der Waals surface area contributed by atoms with Crippen LogP contribution in [0.15, 0.2) is 42.9 Å². The summed E-state index contributed by atoms with van der Waals surface area (Å²) in [7, 11) is 1.77. The molecular weight excluding hydrogens is 295 g/mol. The molecule has 0 spiro atoms. The van der Waals surface area contributed by atoms with Crippen molar-refractivity contribution in [3.05, 3.63) is 54.0 Å². The third-order valence-electron chi connectivity index (χ3n) is 3.28. The van der Waals surface area contributed by atoms with Crippen LogP contribution in [0.25, 0.3) is 11.0 Å². The minimum atomic E-state index is -4.41. The minimum Gasteiger partial charge on any atom is -0.471 e. The van der Waals surface area contributed by atoms with Crippen LogP contribution in [0.4, 0.5) is 13.2 Å². The van der Waals surface area contributed by atoms with Crippen LogP contribution >= 0.6 is 0 Å². The second kappa shape index (κ2) is 5.32. The van der Waals surface area contributed by atoms with E-state index in [9.17, 15) is 13.2 Å². The molecule has 0 N–H and O–H groups in total. The first-order valence-corrected chi connectivity index (χ1v) is 6.51. The fourth-order valence-electron chi connectivity index (χ4n) is 2.24. The van der Waals surface area contributed by atoms with Crippen molar-refractivity contribution in [2.75, 3.05) is 0 Å². The predicted octanol–water partition coefficient (Wildman–Crippen LogP) is 3.57. The summed E-state index contributed by atoms with van der Waals surface area (Å²) in [6, 6.07) is 7.05. The largest absolute Gasteiger partial charge is 0.471 e. The fraction of sp³-hybridized carbons (Fsp3) is 0.200. The van der Waals surface area contributed by atoms with Gasteiger partial charge in [-0.2, -0.15) is 13.2 Å². The number of aryl methyl sites for hydroxylation is 1. The number of ether oxygens (including phenoxy) is 1. The average molecular weight is 307 g/mol. The molecule has 0 radical (unpaired) electrons. The summed E-state index contributed by atoms with van der Waals surface area (Å²) >= 11 is 0. The molecule has 1 aromatic carbocycles. The first-order valence-electron chi connectivity index (χ1n) is 6.51. The van der Waals surface area contributed by atoms with Crippen molar-refractivity contribution in [2.24, 2.45) is 7.05 Å². The quantitative estimate of drug-likeness (QED) is 0.742. The molecule has 0 bridgehead atoms. The van der Waals surface area contributed by atoms with Gasteiger partial charge >= 0.3 is 6.18 Å². The Kier molecular flexibility index (Phi) is 3.48. The van der Waals surface area contributed by atoms with Crippen LogP contribution in [-0.2, 0) is 19.8 Å². The van der Waals surface area contributed by atoms with E-state index in [4.69, 9.17) is 4.74 Å². The third-order valence-corrected chi connectivity index (χ3v) is 3.28. The number of alkyl halides is 3. The molecule has 0 fully saturated rings. The van der Waals surface area contributed by atoms with Crippen LogP contribution < -0.4 is 4.74 Å². The highest BCUT2D eigenvalue weighted by molar-refractivity contribution is 5.79. The van der Waals surface area contributed by atoms with Gasteiger partial charge in [-0.15, -0.1) is 0 Å². The Bertz CT molecular complexity index is 811. The smallest absolute Gasteiger partial charge is 0.416 e. The second-order valence-electron chi connectivity index (χ2n) is 4.78. The molecule has 4 nitrogen and oxygen atoms in total. The Morgan fingerprint density at radius 2 is 1.91 bits per heavy atom. The number of imidazole rings is 1. The Labute approximate surface area is 124 Å². The Morgan fingerprint density at radius 3 is 2.68 bits per heavy atom. The van der Waals surface area contributed by atoms with Crippen molar-refractivity contribution in [1.82, 2.24) is 14.5 Å². The SMILES string of the molecule is Cn1cnc2ccnc(OCc3ccccc3C(F)(F)F)c21. The molecule has 22 heavy (non-hydrogen) atoms. The van der Waals surface area contributed by atoms with Gasteiger partial charge in [0.05, 0.1) is 17.4 Å². The maximum absolute atomic E-state index is 13.0. The van der Waals surface area contributed by atoms with Crippen LogP contribution in [0.3, 0.4) is 0 Å². The van der Waals surface area contributed by atoms with Gasteiger partial charge in [0.25, 0.3) is 0 Å². The van der Waals surface area contributed by atoms with Gasteiger partial charge in [-0.1, -0.05) is 18.2 Å². The van der Waals surface area contributed by atoms with Gasteiger partial charge < -0.3 is 9.30 Å².